The van der Waals surface area contributed by atoms with E-state index in [0.29, 0.717) is 6.61 Å². The molecule has 0 radical (unpaired) electrons. The van der Waals surface area contributed by atoms with Crippen LogP contribution in [-0.4, -0.2) is 23.6 Å². The third kappa shape index (κ3) is 5.52. The molecule has 3 rings (SSSR count). The molecule has 3 aromatic rings. The van der Waals surface area contributed by atoms with Gasteiger partial charge in [0.15, 0.2) is 11.5 Å². The molecule has 27 heavy (non-hydrogen) atoms. The van der Waals surface area contributed by atoms with Gasteiger partial charge in [-0.2, -0.15) is 0 Å². The number of hydrogen-bond acceptors (Lipinski definition) is 6. The zero-order valence-corrected chi connectivity index (χ0v) is 16.8. The van der Waals surface area contributed by atoms with Gasteiger partial charge in [0.05, 0.1) is 17.8 Å². The number of benzene rings is 1. The predicted molar refractivity (Wildman–Crippen MR) is 109 cm³/mol. The van der Waals surface area contributed by atoms with Gasteiger partial charge in [0, 0.05) is 30.4 Å². The molecule has 6 heteroatoms. The maximum Gasteiger partial charge on any atom is 0.161 e. The quantitative estimate of drug-likeness (QED) is 0.565. The maximum atomic E-state index is 5.89. The van der Waals surface area contributed by atoms with Crippen molar-refractivity contribution in [3.8, 4) is 11.5 Å². The highest BCUT2D eigenvalue weighted by Crippen LogP contribution is 2.28. The van der Waals surface area contributed by atoms with Crippen LogP contribution in [0.2, 0.25) is 0 Å². The molecule has 0 saturated heterocycles. The van der Waals surface area contributed by atoms with E-state index in [1.165, 1.54) is 10.4 Å². The van der Waals surface area contributed by atoms with Crippen molar-refractivity contribution in [1.82, 2.24) is 15.3 Å². The van der Waals surface area contributed by atoms with Crippen LogP contribution in [0, 0.1) is 13.8 Å². The summed E-state index contributed by atoms with van der Waals surface area (Å²) in [7, 11) is 1.67. The first kappa shape index (κ1) is 19.3. The van der Waals surface area contributed by atoms with Crippen molar-refractivity contribution in [1.29, 1.82) is 0 Å². The summed E-state index contributed by atoms with van der Waals surface area (Å²) in [6, 6.07) is 9.94. The molecule has 0 spiro atoms. The monoisotopic (exact) mass is 383 g/mol. The molecule has 2 aromatic heterocycles. The van der Waals surface area contributed by atoms with Gasteiger partial charge in [-0.3, -0.25) is 4.98 Å². The number of pyridine rings is 1. The third-order valence-electron chi connectivity index (χ3n) is 4.23. The van der Waals surface area contributed by atoms with Gasteiger partial charge in [-0.05, 0) is 55.7 Å². The summed E-state index contributed by atoms with van der Waals surface area (Å²) in [6.07, 6.45) is 4.53. The molecule has 142 valence electrons. The molecule has 0 bridgehead atoms. The van der Waals surface area contributed by atoms with Crippen LogP contribution < -0.4 is 14.8 Å². The van der Waals surface area contributed by atoms with Crippen molar-refractivity contribution in [3.05, 3.63) is 69.4 Å². The highest BCUT2D eigenvalue weighted by molar-refractivity contribution is 7.11. The Morgan fingerprint density at radius 2 is 1.85 bits per heavy atom. The number of methoxy groups -OCH3 is 1. The van der Waals surface area contributed by atoms with E-state index in [-0.39, 0.29) is 0 Å². The topological polar surface area (TPSA) is 56.3 Å². The lowest BCUT2D eigenvalue weighted by atomic mass is 10.2. The summed E-state index contributed by atoms with van der Waals surface area (Å²) in [6.45, 7) is 6.33. The normalized spacial score (nSPS) is 10.8. The number of hydrogen-bond donors (Lipinski definition) is 1. The Morgan fingerprint density at radius 3 is 2.56 bits per heavy atom. The van der Waals surface area contributed by atoms with Gasteiger partial charge in [0.2, 0.25) is 0 Å². The maximum absolute atomic E-state index is 5.89. The number of nitrogens with zero attached hydrogens (tertiary/aromatic N) is 2. The number of nitrogens with one attached hydrogen (secondary N) is 1. The molecular weight excluding hydrogens is 358 g/mol. The van der Waals surface area contributed by atoms with Crippen molar-refractivity contribution >= 4 is 11.3 Å². The molecule has 0 aliphatic heterocycles. The SMILES string of the molecule is COc1cc(CNCCc2sc(C)nc2C)ccc1OCc1ccncc1. The van der Waals surface area contributed by atoms with E-state index >= 15 is 0 Å². The predicted octanol–water partition coefficient (Wildman–Crippen LogP) is 4.07. The second kappa shape index (κ2) is 9.48. The fourth-order valence-corrected chi connectivity index (χ4v) is 3.76. The average molecular weight is 384 g/mol. The molecule has 0 aliphatic carbocycles. The summed E-state index contributed by atoms with van der Waals surface area (Å²) in [4.78, 5) is 9.85. The van der Waals surface area contributed by atoms with Crippen LogP contribution >= 0.6 is 11.3 Å². The lowest BCUT2D eigenvalue weighted by Gasteiger charge is -2.13. The standard InChI is InChI=1S/C21H25N3O2S/c1-15-21(27-16(2)24-15)8-11-23-13-18-4-5-19(20(12-18)25-3)26-14-17-6-9-22-10-7-17/h4-7,9-10,12,23H,8,11,13-14H2,1-3H3. The molecule has 0 amide bonds. The minimum absolute atomic E-state index is 0.490. The number of thiazole rings is 1. The van der Waals surface area contributed by atoms with E-state index in [1.54, 1.807) is 30.8 Å². The van der Waals surface area contributed by atoms with Crippen LogP contribution in [0.4, 0.5) is 0 Å². The molecule has 0 saturated carbocycles. The summed E-state index contributed by atoms with van der Waals surface area (Å²) in [5.41, 5.74) is 3.39. The van der Waals surface area contributed by atoms with Crippen molar-refractivity contribution in [2.75, 3.05) is 13.7 Å². The summed E-state index contributed by atoms with van der Waals surface area (Å²) in [5.74, 6) is 1.49. The van der Waals surface area contributed by atoms with Crippen molar-refractivity contribution in [2.24, 2.45) is 0 Å². The first-order chi connectivity index (χ1) is 13.2. The van der Waals surface area contributed by atoms with E-state index in [4.69, 9.17) is 9.47 Å². The first-order valence-corrected chi connectivity index (χ1v) is 9.79. The van der Waals surface area contributed by atoms with E-state index in [0.717, 1.165) is 47.3 Å². The van der Waals surface area contributed by atoms with Crippen molar-refractivity contribution in [3.63, 3.8) is 0 Å². The zero-order chi connectivity index (χ0) is 19.1. The van der Waals surface area contributed by atoms with E-state index in [1.807, 2.05) is 24.3 Å². The first-order valence-electron chi connectivity index (χ1n) is 8.98. The number of ether oxygens (including phenoxy) is 2. The number of rotatable bonds is 9. The molecule has 1 aromatic carbocycles. The van der Waals surface area contributed by atoms with Gasteiger partial charge in [0.1, 0.15) is 6.61 Å². The van der Waals surface area contributed by atoms with Crippen LogP contribution in [0.25, 0.3) is 0 Å². The Balaban J connectivity index is 1.51. The summed E-state index contributed by atoms with van der Waals surface area (Å²) < 4.78 is 11.4. The molecule has 0 aliphatic rings. The van der Waals surface area contributed by atoms with Crippen molar-refractivity contribution < 1.29 is 9.47 Å². The van der Waals surface area contributed by atoms with Gasteiger partial charge in [-0.15, -0.1) is 11.3 Å². The average Bonchev–Trinajstić information content (AvgIpc) is 3.01. The Kier molecular flexibility index (Phi) is 6.79. The molecule has 0 fully saturated rings. The van der Waals surface area contributed by atoms with E-state index in [9.17, 15) is 0 Å². The second-order valence-electron chi connectivity index (χ2n) is 6.30. The number of aromatic nitrogens is 2. The van der Waals surface area contributed by atoms with Crippen LogP contribution in [0.15, 0.2) is 42.7 Å². The highest BCUT2D eigenvalue weighted by atomic mass is 32.1. The molecule has 5 nitrogen and oxygen atoms in total. The smallest absolute Gasteiger partial charge is 0.161 e. The Morgan fingerprint density at radius 1 is 1.04 bits per heavy atom. The minimum atomic E-state index is 0.490. The largest absolute Gasteiger partial charge is 0.493 e. The Hall–Kier alpha value is -2.44. The van der Waals surface area contributed by atoms with Crippen LogP contribution in [0.5, 0.6) is 11.5 Å². The van der Waals surface area contributed by atoms with E-state index < -0.39 is 0 Å². The highest BCUT2D eigenvalue weighted by Gasteiger charge is 2.07. The lowest BCUT2D eigenvalue weighted by Crippen LogP contribution is -2.16. The van der Waals surface area contributed by atoms with Gasteiger partial charge in [-0.25, -0.2) is 4.98 Å². The van der Waals surface area contributed by atoms with Gasteiger partial charge >= 0.3 is 0 Å². The van der Waals surface area contributed by atoms with Gasteiger partial charge in [-0.1, -0.05) is 6.07 Å². The van der Waals surface area contributed by atoms with E-state index in [2.05, 4.69) is 35.2 Å². The fourth-order valence-electron chi connectivity index (χ4n) is 2.82. The van der Waals surface area contributed by atoms with Gasteiger partial charge < -0.3 is 14.8 Å². The van der Waals surface area contributed by atoms with Crippen molar-refractivity contribution in [2.45, 2.75) is 33.4 Å². The summed E-state index contributed by atoms with van der Waals surface area (Å²) >= 11 is 1.78. The lowest BCUT2D eigenvalue weighted by molar-refractivity contribution is 0.284. The Labute approximate surface area is 164 Å². The van der Waals surface area contributed by atoms with Crippen LogP contribution in [0.3, 0.4) is 0 Å². The molecular formula is C21H25N3O2S. The van der Waals surface area contributed by atoms with Crippen LogP contribution in [-0.2, 0) is 19.6 Å². The second-order valence-corrected chi connectivity index (χ2v) is 7.59. The molecule has 2 heterocycles. The fraction of sp³-hybridized carbons (Fsp3) is 0.333. The molecule has 0 atom stereocenters. The minimum Gasteiger partial charge on any atom is -0.493 e. The van der Waals surface area contributed by atoms with Crippen LogP contribution in [0.1, 0.15) is 26.7 Å². The zero-order valence-electron chi connectivity index (χ0n) is 16.0. The summed E-state index contributed by atoms with van der Waals surface area (Å²) in [5, 5.41) is 4.62. The molecule has 1 N–H and O–H groups in total. The number of aryl methyl sites for hydroxylation is 2. The molecule has 0 unspecified atom stereocenters. The third-order valence-corrected chi connectivity index (χ3v) is 5.36. The van der Waals surface area contributed by atoms with Gasteiger partial charge in [0.25, 0.3) is 0 Å². The Bertz CT molecular complexity index is 865.